The summed E-state index contributed by atoms with van der Waals surface area (Å²) in [6.45, 7) is 6.99. The van der Waals surface area contributed by atoms with Crippen molar-refractivity contribution < 1.29 is 9.59 Å². The zero-order valence-electron chi connectivity index (χ0n) is 15.1. The van der Waals surface area contributed by atoms with E-state index in [1.807, 2.05) is 31.2 Å². The standard InChI is InChI=1S/C19H31N3O2/c1-4-6-9-15(5-2)13-21-18(23)12-17(22-19(20)24)16-10-7-8-14(3)11-16/h7-8,10-11,15,17H,4-6,9,12-13H2,1-3H3,(H,21,23)(H3,20,22,24). The molecule has 0 heterocycles. The van der Waals surface area contributed by atoms with Crippen LogP contribution in [0, 0.1) is 12.8 Å². The first kappa shape index (κ1) is 20.0. The van der Waals surface area contributed by atoms with Gasteiger partial charge in [-0.1, -0.05) is 62.9 Å². The minimum atomic E-state index is -0.622. The SMILES string of the molecule is CCCCC(CC)CNC(=O)CC(NC(N)=O)c1cccc(C)c1. The molecule has 1 aromatic carbocycles. The lowest BCUT2D eigenvalue weighted by molar-refractivity contribution is -0.121. The van der Waals surface area contributed by atoms with Gasteiger partial charge in [0.15, 0.2) is 0 Å². The van der Waals surface area contributed by atoms with E-state index in [0.717, 1.165) is 24.0 Å². The molecular weight excluding hydrogens is 302 g/mol. The van der Waals surface area contributed by atoms with Gasteiger partial charge in [-0.2, -0.15) is 0 Å². The molecule has 0 radical (unpaired) electrons. The molecule has 0 spiro atoms. The summed E-state index contributed by atoms with van der Waals surface area (Å²) < 4.78 is 0. The number of nitrogens with one attached hydrogen (secondary N) is 2. The van der Waals surface area contributed by atoms with Crippen molar-refractivity contribution in [2.24, 2.45) is 11.7 Å². The van der Waals surface area contributed by atoms with Crippen LogP contribution in [-0.4, -0.2) is 18.5 Å². The number of aryl methyl sites for hydroxylation is 1. The molecule has 3 amide bonds. The second kappa shape index (κ2) is 10.7. The average molecular weight is 333 g/mol. The van der Waals surface area contributed by atoms with Crippen molar-refractivity contribution in [3.63, 3.8) is 0 Å². The van der Waals surface area contributed by atoms with Crippen molar-refractivity contribution in [1.29, 1.82) is 0 Å². The highest BCUT2D eigenvalue weighted by Crippen LogP contribution is 2.18. The van der Waals surface area contributed by atoms with Crippen LogP contribution >= 0.6 is 0 Å². The number of benzene rings is 1. The molecule has 0 saturated carbocycles. The summed E-state index contributed by atoms with van der Waals surface area (Å²) >= 11 is 0. The Kier molecular flexibility index (Phi) is 8.90. The highest BCUT2D eigenvalue weighted by Gasteiger charge is 2.18. The van der Waals surface area contributed by atoms with Crippen molar-refractivity contribution in [3.05, 3.63) is 35.4 Å². The maximum absolute atomic E-state index is 12.3. The molecule has 1 aromatic rings. The highest BCUT2D eigenvalue weighted by atomic mass is 16.2. The molecule has 5 nitrogen and oxygen atoms in total. The van der Waals surface area contributed by atoms with E-state index in [2.05, 4.69) is 24.5 Å². The van der Waals surface area contributed by atoms with E-state index < -0.39 is 12.1 Å². The van der Waals surface area contributed by atoms with Crippen LogP contribution in [0.2, 0.25) is 0 Å². The van der Waals surface area contributed by atoms with Gasteiger partial charge < -0.3 is 16.4 Å². The average Bonchev–Trinajstić information content (AvgIpc) is 2.54. The van der Waals surface area contributed by atoms with Crippen molar-refractivity contribution in [1.82, 2.24) is 10.6 Å². The molecule has 4 N–H and O–H groups in total. The Morgan fingerprint density at radius 2 is 2.00 bits per heavy atom. The quantitative estimate of drug-likeness (QED) is 0.613. The molecule has 0 aliphatic carbocycles. The van der Waals surface area contributed by atoms with E-state index >= 15 is 0 Å². The summed E-state index contributed by atoms with van der Waals surface area (Å²) in [6.07, 6.45) is 4.73. The van der Waals surface area contributed by atoms with Crippen molar-refractivity contribution in [3.8, 4) is 0 Å². The molecule has 0 fully saturated rings. The van der Waals surface area contributed by atoms with Gasteiger partial charge in [0.2, 0.25) is 5.91 Å². The number of nitrogens with two attached hydrogens (primary N) is 1. The van der Waals surface area contributed by atoms with Gasteiger partial charge in [0, 0.05) is 6.54 Å². The molecule has 134 valence electrons. The van der Waals surface area contributed by atoms with Crippen LogP contribution in [0.1, 0.15) is 63.1 Å². The Labute approximate surface area is 145 Å². The first-order valence-electron chi connectivity index (χ1n) is 8.85. The number of hydrogen-bond acceptors (Lipinski definition) is 2. The van der Waals surface area contributed by atoms with Crippen molar-refractivity contribution in [2.75, 3.05) is 6.54 Å². The van der Waals surface area contributed by atoms with Gasteiger partial charge in [-0.05, 0) is 24.8 Å². The Morgan fingerprint density at radius 3 is 2.58 bits per heavy atom. The van der Waals surface area contributed by atoms with Gasteiger partial charge in [0.25, 0.3) is 0 Å². The third-order valence-corrected chi connectivity index (χ3v) is 4.28. The largest absolute Gasteiger partial charge is 0.356 e. The molecule has 0 bridgehead atoms. The molecule has 2 unspecified atom stereocenters. The molecule has 0 aromatic heterocycles. The third-order valence-electron chi connectivity index (χ3n) is 4.28. The summed E-state index contributed by atoms with van der Waals surface area (Å²) in [5.74, 6) is 0.445. The minimum absolute atomic E-state index is 0.0646. The predicted molar refractivity (Wildman–Crippen MR) is 97.6 cm³/mol. The highest BCUT2D eigenvalue weighted by molar-refractivity contribution is 5.78. The van der Waals surface area contributed by atoms with E-state index in [0.29, 0.717) is 12.5 Å². The van der Waals surface area contributed by atoms with Crippen molar-refractivity contribution in [2.45, 2.75) is 58.9 Å². The molecule has 1 rings (SSSR count). The number of carbonyl (C=O) groups excluding carboxylic acids is 2. The Morgan fingerprint density at radius 1 is 1.25 bits per heavy atom. The molecule has 0 aliphatic heterocycles. The van der Waals surface area contributed by atoms with Gasteiger partial charge in [-0.3, -0.25) is 4.79 Å². The van der Waals surface area contributed by atoms with Gasteiger partial charge in [-0.25, -0.2) is 4.79 Å². The molecule has 0 saturated heterocycles. The van der Waals surface area contributed by atoms with Crippen molar-refractivity contribution >= 4 is 11.9 Å². The maximum Gasteiger partial charge on any atom is 0.312 e. The van der Waals surface area contributed by atoms with E-state index in [1.165, 1.54) is 12.8 Å². The van der Waals surface area contributed by atoms with Crippen LogP contribution in [0.15, 0.2) is 24.3 Å². The summed E-state index contributed by atoms with van der Waals surface area (Å²) in [4.78, 5) is 23.5. The molecular formula is C19H31N3O2. The summed E-state index contributed by atoms with van der Waals surface area (Å²) in [5, 5.41) is 5.67. The number of rotatable bonds is 10. The summed E-state index contributed by atoms with van der Waals surface area (Å²) in [6, 6.07) is 6.73. The number of urea groups is 1. The Balaban J connectivity index is 2.62. The van der Waals surface area contributed by atoms with E-state index in [4.69, 9.17) is 5.73 Å². The second-order valence-electron chi connectivity index (χ2n) is 6.40. The smallest absolute Gasteiger partial charge is 0.312 e. The Bertz CT molecular complexity index is 531. The normalized spacial score (nSPS) is 13.1. The molecule has 2 atom stereocenters. The van der Waals surface area contributed by atoms with Crippen LogP contribution in [0.5, 0.6) is 0 Å². The van der Waals surface area contributed by atoms with Gasteiger partial charge >= 0.3 is 6.03 Å². The maximum atomic E-state index is 12.3. The zero-order chi connectivity index (χ0) is 17.9. The van der Waals surface area contributed by atoms with E-state index in [-0.39, 0.29) is 12.3 Å². The van der Waals surface area contributed by atoms with Gasteiger partial charge in [0.05, 0.1) is 12.5 Å². The predicted octanol–water partition coefficient (Wildman–Crippen LogP) is 3.43. The lowest BCUT2D eigenvalue weighted by atomic mass is 9.98. The molecule has 24 heavy (non-hydrogen) atoms. The zero-order valence-corrected chi connectivity index (χ0v) is 15.1. The third kappa shape index (κ3) is 7.49. The van der Waals surface area contributed by atoms with Crippen LogP contribution in [0.4, 0.5) is 4.79 Å². The second-order valence-corrected chi connectivity index (χ2v) is 6.40. The Hall–Kier alpha value is -2.04. The number of amides is 3. The molecule has 5 heteroatoms. The van der Waals surface area contributed by atoms with Gasteiger partial charge in [0.1, 0.15) is 0 Å². The van der Waals surface area contributed by atoms with Crippen LogP contribution in [0.3, 0.4) is 0 Å². The van der Waals surface area contributed by atoms with Crippen LogP contribution in [0.25, 0.3) is 0 Å². The summed E-state index contributed by atoms with van der Waals surface area (Å²) in [7, 11) is 0. The lowest BCUT2D eigenvalue weighted by Crippen LogP contribution is -2.37. The van der Waals surface area contributed by atoms with Crippen LogP contribution in [-0.2, 0) is 4.79 Å². The first-order valence-corrected chi connectivity index (χ1v) is 8.85. The van der Waals surface area contributed by atoms with Crippen LogP contribution < -0.4 is 16.4 Å². The number of hydrogen-bond donors (Lipinski definition) is 3. The number of carbonyl (C=O) groups is 2. The fourth-order valence-corrected chi connectivity index (χ4v) is 2.77. The van der Waals surface area contributed by atoms with E-state index in [1.54, 1.807) is 0 Å². The first-order chi connectivity index (χ1) is 11.5. The topological polar surface area (TPSA) is 84.2 Å². The fourth-order valence-electron chi connectivity index (χ4n) is 2.77. The number of primary amides is 1. The van der Waals surface area contributed by atoms with E-state index in [9.17, 15) is 9.59 Å². The van der Waals surface area contributed by atoms with Gasteiger partial charge in [-0.15, -0.1) is 0 Å². The lowest BCUT2D eigenvalue weighted by Gasteiger charge is -2.20. The minimum Gasteiger partial charge on any atom is -0.356 e. The fraction of sp³-hybridized carbons (Fsp3) is 0.579. The number of unbranched alkanes of at least 4 members (excludes halogenated alkanes) is 1. The summed E-state index contributed by atoms with van der Waals surface area (Å²) in [5.41, 5.74) is 7.23. The molecule has 0 aliphatic rings. The monoisotopic (exact) mass is 333 g/mol.